The molecule has 1 nitrogen and oxygen atoms in total. The summed E-state index contributed by atoms with van der Waals surface area (Å²) in [6.45, 7) is 0. The minimum absolute atomic E-state index is 0.148. The smallest absolute Gasteiger partial charge is 0.0759 e. The molecule has 3 rings (SSSR count). The van der Waals surface area contributed by atoms with Gasteiger partial charge in [0.15, 0.2) is 0 Å². The second kappa shape index (κ2) is 4.31. The van der Waals surface area contributed by atoms with Crippen molar-refractivity contribution in [1.29, 1.82) is 5.26 Å². The minimum atomic E-state index is -0.148. The average Bonchev–Trinajstić information content (AvgIpc) is 2.37. The Labute approximate surface area is 116 Å². The van der Waals surface area contributed by atoms with Crippen molar-refractivity contribution in [3.8, 4) is 17.2 Å². The number of rotatable bonds is 0. The van der Waals surface area contributed by atoms with Crippen LogP contribution in [0.25, 0.3) is 11.1 Å². The van der Waals surface area contributed by atoms with Crippen molar-refractivity contribution in [1.82, 2.24) is 0 Å². The molecule has 0 saturated carbocycles. The molecule has 1 atom stereocenters. The summed E-state index contributed by atoms with van der Waals surface area (Å²) in [6.07, 6.45) is 0.694. The normalized spacial score (nSPS) is 16.6. The molecule has 1 aliphatic rings. The van der Waals surface area contributed by atoms with Gasteiger partial charge in [-0.1, -0.05) is 35.3 Å². The maximum Gasteiger partial charge on any atom is 0.0759 e. The van der Waals surface area contributed by atoms with Gasteiger partial charge in [0.2, 0.25) is 0 Å². The van der Waals surface area contributed by atoms with Gasteiger partial charge in [-0.05, 0) is 52.9 Å². The molecule has 0 aromatic heterocycles. The van der Waals surface area contributed by atoms with Crippen LogP contribution in [-0.2, 0) is 6.42 Å². The first-order chi connectivity index (χ1) is 8.69. The first-order valence-corrected chi connectivity index (χ1v) is 6.42. The number of halogens is 2. The largest absolute Gasteiger partial charge is 0.198 e. The zero-order valence-electron chi connectivity index (χ0n) is 9.45. The van der Waals surface area contributed by atoms with Crippen molar-refractivity contribution < 1.29 is 0 Å². The maximum atomic E-state index is 9.30. The van der Waals surface area contributed by atoms with Crippen molar-refractivity contribution in [3.05, 3.63) is 57.6 Å². The summed E-state index contributed by atoms with van der Waals surface area (Å²) < 4.78 is 0. The third-order valence-corrected chi connectivity index (χ3v) is 3.80. The molecule has 2 aromatic rings. The lowest BCUT2D eigenvalue weighted by Crippen LogP contribution is -2.09. The molecule has 2 aromatic carbocycles. The van der Waals surface area contributed by atoms with Gasteiger partial charge in [0.05, 0.1) is 12.0 Å². The molecule has 3 heteroatoms. The fourth-order valence-electron chi connectivity index (χ4n) is 2.51. The SMILES string of the molecule is N#CC1Cc2cc(Cl)ccc2-c2ccc(Cl)cc21. The molecule has 0 fully saturated rings. The van der Waals surface area contributed by atoms with Gasteiger partial charge in [0.1, 0.15) is 0 Å². The van der Waals surface area contributed by atoms with E-state index in [0.717, 1.165) is 22.3 Å². The van der Waals surface area contributed by atoms with Gasteiger partial charge in [-0.3, -0.25) is 0 Å². The van der Waals surface area contributed by atoms with Crippen LogP contribution in [0.3, 0.4) is 0 Å². The van der Waals surface area contributed by atoms with Crippen LogP contribution in [-0.4, -0.2) is 0 Å². The highest BCUT2D eigenvalue weighted by atomic mass is 35.5. The Hall–Kier alpha value is -1.49. The van der Waals surface area contributed by atoms with Gasteiger partial charge in [-0.2, -0.15) is 5.26 Å². The Bertz CT molecular complexity index is 671. The topological polar surface area (TPSA) is 23.8 Å². The maximum absolute atomic E-state index is 9.30. The van der Waals surface area contributed by atoms with Crippen LogP contribution in [0.2, 0.25) is 10.0 Å². The Morgan fingerprint density at radius 3 is 2.39 bits per heavy atom. The van der Waals surface area contributed by atoms with Crippen LogP contribution in [0, 0.1) is 11.3 Å². The highest BCUT2D eigenvalue weighted by molar-refractivity contribution is 6.31. The van der Waals surface area contributed by atoms with E-state index < -0.39 is 0 Å². The van der Waals surface area contributed by atoms with E-state index in [-0.39, 0.29) is 5.92 Å². The van der Waals surface area contributed by atoms with E-state index in [2.05, 4.69) is 6.07 Å². The van der Waals surface area contributed by atoms with E-state index in [1.54, 1.807) is 0 Å². The zero-order valence-corrected chi connectivity index (χ0v) is 11.0. The van der Waals surface area contributed by atoms with Crippen LogP contribution in [0.5, 0.6) is 0 Å². The Balaban J connectivity index is 2.28. The van der Waals surface area contributed by atoms with Gasteiger partial charge in [0.25, 0.3) is 0 Å². The third-order valence-electron chi connectivity index (χ3n) is 3.33. The Morgan fingerprint density at radius 2 is 1.67 bits per heavy atom. The summed E-state index contributed by atoms with van der Waals surface area (Å²) in [4.78, 5) is 0. The summed E-state index contributed by atoms with van der Waals surface area (Å²) in [5, 5.41) is 10.7. The molecule has 0 aliphatic heterocycles. The second-order valence-corrected chi connectivity index (χ2v) is 5.29. The van der Waals surface area contributed by atoms with Crippen molar-refractivity contribution in [2.24, 2.45) is 0 Å². The minimum Gasteiger partial charge on any atom is -0.198 e. The molecule has 1 aliphatic carbocycles. The highest BCUT2D eigenvalue weighted by Crippen LogP contribution is 2.41. The number of nitriles is 1. The predicted octanol–water partition coefficient (Wildman–Crippen LogP) is 4.82. The zero-order chi connectivity index (χ0) is 12.7. The molecule has 0 N–H and O–H groups in total. The van der Waals surface area contributed by atoms with Gasteiger partial charge in [0, 0.05) is 10.0 Å². The van der Waals surface area contributed by atoms with Gasteiger partial charge in [-0.25, -0.2) is 0 Å². The van der Waals surface area contributed by atoms with Gasteiger partial charge in [-0.15, -0.1) is 0 Å². The van der Waals surface area contributed by atoms with E-state index in [9.17, 15) is 5.26 Å². The van der Waals surface area contributed by atoms with E-state index in [4.69, 9.17) is 23.2 Å². The van der Waals surface area contributed by atoms with E-state index >= 15 is 0 Å². The van der Waals surface area contributed by atoms with Crippen molar-refractivity contribution in [2.75, 3.05) is 0 Å². The molecule has 0 radical (unpaired) electrons. The van der Waals surface area contributed by atoms with E-state index in [1.165, 1.54) is 0 Å². The van der Waals surface area contributed by atoms with Crippen LogP contribution in [0.1, 0.15) is 17.0 Å². The van der Waals surface area contributed by atoms with Gasteiger partial charge < -0.3 is 0 Å². The molecular formula is C15H9Cl2N. The van der Waals surface area contributed by atoms with Crippen molar-refractivity contribution in [3.63, 3.8) is 0 Å². The number of fused-ring (bicyclic) bond motifs is 3. The second-order valence-electron chi connectivity index (χ2n) is 4.42. The van der Waals surface area contributed by atoms with Gasteiger partial charge >= 0.3 is 0 Å². The third kappa shape index (κ3) is 1.79. The summed E-state index contributed by atoms with van der Waals surface area (Å²) in [7, 11) is 0. The quantitative estimate of drug-likeness (QED) is 0.675. The monoisotopic (exact) mass is 273 g/mol. The van der Waals surface area contributed by atoms with Crippen LogP contribution in [0.4, 0.5) is 0 Å². The molecule has 0 spiro atoms. The molecule has 0 amide bonds. The molecule has 18 heavy (non-hydrogen) atoms. The lowest BCUT2D eigenvalue weighted by atomic mass is 9.79. The molecule has 88 valence electrons. The molecule has 1 unspecified atom stereocenters. The number of nitrogens with zero attached hydrogens (tertiary/aromatic N) is 1. The highest BCUT2D eigenvalue weighted by Gasteiger charge is 2.24. The molecular weight excluding hydrogens is 265 g/mol. The number of hydrogen-bond acceptors (Lipinski definition) is 1. The fourth-order valence-corrected chi connectivity index (χ4v) is 2.88. The first-order valence-electron chi connectivity index (χ1n) is 5.67. The van der Waals surface area contributed by atoms with E-state index in [1.807, 2.05) is 36.4 Å². The van der Waals surface area contributed by atoms with E-state index in [0.29, 0.717) is 16.5 Å². The van der Waals surface area contributed by atoms with Crippen molar-refractivity contribution >= 4 is 23.2 Å². The fraction of sp³-hybridized carbons (Fsp3) is 0.133. The van der Waals surface area contributed by atoms with Crippen LogP contribution in [0.15, 0.2) is 36.4 Å². The summed E-state index contributed by atoms with van der Waals surface area (Å²) in [5.41, 5.74) is 4.38. The van der Waals surface area contributed by atoms with Crippen LogP contribution < -0.4 is 0 Å². The number of hydrogen-bond donors (Lipinski definition) is 0. The predicted molar refractivity (Wildman–Crippen MR) is 74.0 cm³/mol. The summed E-state index contributed by atoms with van der Waals surface area (Å²) in [5.74, 6) is -0.148. The summed E-state index contributed by atoms with van der Waals surface area (Å²) in [6, 6.07) is 13.9. The average molecular weight is 274 g/mol. The first kappa shape index (κ1) is 11.6. The summed E-state index contributed by atoms with van der Waals surface area (Å²) >= 11 is 12.0. The lowest BCUT2D eigenvalue weighted by Gasteiger charge is -2.24. The lowest BCUT2D eigenvalue weighted by molar-refractivity contribution is 0.836. The molecule has 0 heterocycles. The Kier molecular flexibility index (Phi) is 2.78. The van der Waals surface area contributed by atoms with Crippen LogP contribution >= 0.6 is 23.2 Å². The van der Waals surface area contributed by atoms with Crippen molar-refractivity contribution in [2.45, 2.75) is 12.3 Å². The molecule has 0 saturated heterocycles. The molecule has 0 bridgehead atoms. The standard InChI is InChI=1S/C15H9Cl2N/c16-11-1-3-13-9(6-11)5-10(8-18)15-7-12(17)2-4-14(13)15/h1-4,6-7,10H,5H2. The number of benzene rings is 2. The Morgan fingerprint density at radius 1 is 1.00 bits per heavy atom.